The van der Waals surface area contributed by atoms with Crippen molar-refractivity contribution in [1.82, 2.24) is 20.2 Å². The molecule has 0 bridgehead atoms. The van der Waals surface area contributed by atoms with Gasteiger partial charge in [-0.25, -0.2) is 0 Å². The summed E-state index contributed by atoms with van der Waals surface area (Å²) in [5, 5.41) is 13.0. The Balaban J connectivity index is 1.86. The quantitative estimate of drug-likeness (QED) is 0.846. The molecule has 0 N–H and O–H groups in total. The second-order valence-corrected chi connectivity index (χ2v) is 5.10. The molecule has 1 atom stereocenters. The van der Waals surface area contributed by atoms with Gasteiger partial charge in [-0.1, -0.05) is 18.0 Å². The van der Waals surface area contributed by atoms with Crippen LogP contribution in [0.25, 0.3) is 11.4 Å². The van der Waals surface area contributed by atoms with Gasteiger partial charge < -0.3 is 0 Å². The van der Waals surface area contributed by atoms with E-state index < -0.39 is 0 Å². The summed E-state index contributed by atoms with van der Waals surface area (Å²) in [6, 6.07) is 6.99. The van der Waals surface area contributed by atoms with E-state index in [4.69, 9.17) is 11.6 Å². The number of rotatable bonds is 2. The standard InChI is InChI=1S/C13H13ClN4O/c14-10-7-5-9(6-8-10)13-15-17-18(16-13)11-3-1-2-4-12(11)19/h5-8,11H,1-4H2. The van der Waals surface area contributed by atoms with E-state index in [9.17, 15) is 4.79 Å². The zero-order chi connectivity index (χ0) is 13.2. The maximum Gasteiger partial charge on any atom is 0.204 e. The van der Waals surface area contributed by atoms with Crippen LogP contribution in [0.2, 0.25) is 5.02 Å². The lowest BCUT2D eigenvalue weighted by molar-refractivity contribution is -0.124. The Morgan fingerprint density at radius 2 is 2.00 bits per heavy atom. The Morgan fingerprint density at radius 1 is 1.21 bits per heavy atom. The van der Waals surface area contributed by atoms with Crippen LogP contribution in [0.5, 0.6) is 0 Å². The van der Waals surface area contributed by atoms with E-state index >= 15 is 0 Å². The van der Waals surface area contributed by atoms with E-state index in [1.807, 2.05) is 12.1 Å². The van der Waals surface area contributed by atoms with Crippen LogP contribution < -0.4 is 0 Å². The first-order chi connectivity index (χ1) is 9.24. The van der Waals surface area contributed by atoms with Gasteiger partial charge in [0.15, 0.2) is 5.78 Å². The van der Waals surface area contributed by atoms with Gasteiger partial charge in [0, 0.05) is 17.0 Å². The monoisotopic (exact) mass is 276 g/mol. The zero-order valence-corrected chi connectivity index (χ0v) is 11.0. The van der Waals surface area contributed by atoms with Gasteiger partial charge in [0.2, 0.25) is 5.82 Å². The van der Waals surface area contributed by atoms with Crippen LogP contribution in [-0.4, -0.2) is 26.0 Å². The van der Waals surface area contributed by atoms with Gasteiger partial charge in [-0.15, -0.1) is 10.2 Å². The summed E-state index contributed by atoms with van der Waals surface area (Å²) in [5.41, 5.74) is 0.846. The van der Waals surface area contributed by atoms with Crippen LogP contribution in [0.4, 0.5) is 0 Å². The third-order valence-electron chi connectivity index (χ3n) is 3.33. The summed E-state index contributed by atoms with van der Waals surface area (Å²) in [7, 11) is 0. The number of ketones is 1. The van der Waals surface area contributed by atoms with Crippen molar-refractivity contribution in [2.45, 2.75) is 31.7 Å². The first-order valence-corrected chi connectivity index (χ1v) is 6.70. The summed E-state index contributed by atoms with van der Waals surface area (Å²) in [6.45, 7) is 0. The van der Waals surface area contributed by atoms with E-state index in [0.29, 0.717) is 17.3 Å². The molecule has 1 saturated carbocycles. The topological polar surface area (TPSA) is 60.7 Å². The molecule has 0 aliphatic heterocycles. The highest BCUT2D eigenvalue weighted by atomic mass is 35.5. The van der Waals surface area contributed by atoms with Crippen LogP contribution in [-0.2, 0) is 4.79 Å². The number of benzene rings is 1. The minimum absolute atomic E-state index is 0.200. The Labute approximate surface area is 115 Å². The molecule has 1 aromatic heterocycles. The predicted molar refractivity (Wildman–Crippen MR) is 70.8 cm³/mol. The van der Waals surface area contributed by atoms with Crippen LogP contribution >= 0.6 is 11.6 Å². The van der Waals surface area contributed by atoms with Gasteiger partial charge in [-0.3, -0.25) is 4.79 Å². The van der Waals surface area contributed by atoms with E-state index in [2.05, 4.69) is 15.4 Å². The molecule has 1 heterocycles. The molecule has 1 unspecified atom stereocenters. The molecule has 0 amide bonds. The molecule has 19 heavy (non-hydrogen) atoms. The second-order valence-electron chi connectivity index (χ2n) is 4.67. The van der Waals surface area contributed by atoms with E-state index in [0.717, 1.165) is 24.8 Å². The SMILES string of the molecule is O=C1CCCCC1n1nnc(-c2ccc(Cl)cc2)n1. The second kappa shape index (κ2) is 5.09. The van der Waals surface area contributed by atoms with Crippen LogP contribution in [0.1, 0.15) is 31.7 Å². The number of hydrogen-bond donors (Lipinski definition) is 0. The number of halogens is 1. The molecule has 1 fully saturated rings. The van der Waals surface area contributed by atoms with Crippen molar-refractivity contribution in [3.05, 3.63) is 29.3 Å². The molecule has 0 radical (unpaired) electrons. The molecular formula is C13H13ClN4O. The number of carbonyl (C=O) groups is 1. The Hall–Kier alpha value is -1.75. The average Bonchev–Trinajstić information content (AvgIpc) is 2.89. The summed E-state index contributed by atoms with van der Waals surface area (Å²) >= 11 is 5.84. The number of hydrogen-bond acceptors (Lipinski definition) is 4. The van der Waals surface area contributed by atoms with E-state index in [1.54, 1.807) is 12.1 Å². The molecule has 1 aliphatic carbocycles. The van der Waals surface area contributed by atoms with Crippen molar-refractivity contribution in [2.24, 2.45) is 0 Å². The smallest absolute Gasteiger partial charge is 0.204 e. The van der Waals surface area contributed by atoms with E-state index in [-0.39, 0.29) is 11.8 Å². The number of nitrogens with zero attached hydrogens (tertiary/aromatic N) is 4. The fourth-order valence-electron chi connectivity index (χ4n) is 2.28. The third-order valence-corrected chi connectivity index (χ3v) is 3.58. The van der Waals surface area contributed by atoms with Crippen molar-refractivity contribution in [3.63, 3.8) is 0 Å². The number of Topliss-reactive ketones (excluding diaryl/α,β-unsaturated/α-hetero) is 1. The summed E-state index contributed by atoms with van der Waals surface area (Å²) in [5.74, 6) is 0.723. The molecule has 0 spiro atoms. The van der Waals surface area contributed by atoms with Gasteiger partial charge in [0.1, 0.15) is 6.04 Å². The van der Waals surface area contributed by atoms with Crippen LogP contribution in [0.3, 0.4) is 0 Å². The number of carbonyl (C=O) groups excluding carboxylic acids is 1. The summed E-state index contributed by atoms with van der Waals surface area (Å²) in [4.78, 5) is 13.3. The van der Waals surface area contributed by atoms with Crippen molar-refractivity contribution in [1.29, 1.82) is 0 Å². The fourth-order valence-corrected chi connectivity index (χ4v) is 2.41. The largest absolute Gasteiger partial charge is 0.297 e. The molecule has 6 heteroatoms. The first-order valence-electron chi connectivity index (χ1n) is 6.32. The normalized spacial score (nSPS) is 19.6. The third kappa shape index (κ3) is 2.51. The summed E-state index contributed by atoms with van der Waals surface area (Å²) in [6.07, 6.45) is 3.42. The molecule has 5 nitrogen and oxygen atoms in total. The van der Waals surface area contributed by atoms with Crippen LogP contribution in [0.15, 0.2) is 24.3 Å². The lowest BCUT2D eigenvalue weighted by atomic mass is 9.95. The minimum atomic E-state index is -0.248. The van der Waals surface area contributed by atoms with Gasteiger partial charge in [0.05, 0.1) is 0 Å². The van der Waals surface area contributed by atoms with E-state index in [1.165, 1.54) is 4.80 Å². The number of aromatic nitrogens is 4. The molecule has 2 aromatic rings. The molecular weight excluding hydrogens is 264 g/mol. The van der Waals surface area contributed by atoms with Gasteiger partial charge in [-0.05, 0) is 42.3 Å². The molecule has 1 aliphatic rings. The van der Waals surface area contributed by atoms with Crippen molar-refractivity contribution in [3.8, 4) is 11.4 Å². The first kappa shape index (κ1) is 12.3. The maximum absolute atomic E-state index is 11.8. The lowest BCUT2D eigenvalue weighted by Gasteiger charge is -2.18. The van der Waals surface area contributed by atoms with Gasteiger partial charge in [-0.2, -0.15) is 4.80 Å². The highest BCUT2D eigenvalue weighted by molar-refractivity contribution is 6.30. The zero-order valence-electron chi connectivity index (χ0n) is 10.3. The molecule has 1 aromatic carbocycles. The van der Waals surface area contributed by atoms with Crippen LogP contribution in [0, 0.1) is 0 Å². The molecule has 98 valence electrons. The lowest BCUT2D eigenvalue weighted by Crippen LogP contribution is -2.25. The Morgan fingerprint density at radius 3 is 2.74 bits per heavy atom. The number of tetrazole rings is 1. The Bertz CT molecular complexity index is 593. The molecule has 3 rings (SSSR count). The average molecular weight is 277 g/mol. The van der Waals surface area contributed by atoms with Gasteiger partial charge in [0.25, 0.3) is 0 Å². The van der Waals surface area contributed by atoms with Crippen molar-refractivity contribution >= 4 is 17.4 Å². The Kier molecular flexibility index (Phi) is 3.29. The maximum atomic E-state index is 11.8. The predicted octanol–water partition coefficient (Wildman–Crippen LogP) is 2.68. The fraction of sp³-hybridized carbons (Fsp3) is 0.385. The summed E-state index contributed by atoms with van der Waals surface area (Å²) < 4.78 is 0. The van der Waals surface area contributed by atoms with Crippen molar-refractivity contribution < 1.29 is 4.79 Å². The highest BCUT2D eigenvalue weighted by Gasteiger charge is 2.26. The minimum Gasteiger partial charge on any atom is -0.297 e. The molecule has 0 saturated heterocycles. The van der Waals surface area contributed by atoms with Gasteiger partial charge >= 0.3 is 0 Å². The highest BCUT2D eigenvalue weighted by Crippen LogP contribution is 2.24. The van der Waals surface area contributed by atoms with Crippen molar-refractivity contribution in [2.75, 3.05) is 0 Å².